The summed E-state index contributed by atoms with van der Waals surface area (Å²) in [7, 11) is 0. The second-order valence-electron chi connectivity index (χ2n) is 9.03. The summed E-state index contributed by atoms with van der Waals surface area (Å²) in [5, 5.41) is 12.3. The van der Waals surface area contributed by atoms with Crippen LogP contribution in [-0.2, 0) is 22.6 Å². The number of thioether (sulfide) groups is 2. The average Bonchev–Trinajstić information content (AvgIpc) is 3.43. The Morgan fingerprint density at radius 1 is 1.03 bits per heavy atom. The number of carboxylic acid groups (broad SMARTS) is 1. The molecule has 39 heavy (non-hydrogen) atoms. The number of aryl methyl sites for hydroxylation is 2. The van der Waals surface area contributed by atoms with E-state index in [0.717, 1.165) is 28.7 Å². The molecule has 0 fully saturated rings. The number of hydrogen-bond donors (Lipinski definition) is 2. The van der Waals surface area contributed by atoms with Gasteiger partial charge >= 0.3 is 5.97 Å². The van der Waals surface area contributed by atoms with Crippen molar-refractivity contribution in [2.24, 2.45) is 0 Å². The lowest BCUT2D eigenvalue weighted by Gasteiger charge is -2.18. The summed E-state index contributed by atoms with van der Waals surface area (Å²) >= 11 is 5.18. The second-order valence-corrected chi connectivity index (χ2v) is 12.4. The lowest BCUT2D eigenvalue weighted by atomic mass is 9.93. The van der Waals surface area contributed by atoms with E-state index in [1.54, 1.807) is 29.2 Å². The highest BCUT2D eigenvalue weighted by Crippen LogP contribution is 2.30. The first-order valence-electron chi connectivity index (χ1n) is 13.2. The molecular formula is C31H41NO4S3. The Hall–Kier alpha value is -2.26. The largest absolute Gasteiger partial charge is 0.480 e. The van der Waals surface area contributed by atoms with E-state index in [4.69, 9.17) is 4.74 Å². The first-order valence-corrected chi connectivity index (χ1v) is 16.8. The van der Waals surface area contributed by atoms with Gasteiger partial charge in [-0.25, -0.2) is 4.79 Å². The van der Waals surface area contributed by atoms with Gasteiger partial charge < -0.3 is 15.2 Å². The van der Waals surface area contributed by atoms with Gasteiger partial charge in [0.15, 0.2) is 0 Å². The molecule has 2 unspecified atom stereocenters. The van der Waals surface area contributed by atoms with E-state index in [1.165, 1.54) is 15.5 Å². The molecule has 0 aliphatic rings. The molecule has 0 saturated heterocycles. The lowest BCUT2D eigenvalue weighted by molar-refractivity contribution is -0.139. The second kappa shape index (κ2) is 17.4. The molecule has 3 rings (SSSR count). The van der Waals surface area contributed by atoms with E-state index in [2.05, 4.69) is 44.5 Å². The van der Waals surface area contributed by atoms with Crippen LogP contribution >= 0.6 is 34.9 Å². The molecule has 212 valence electrons. The average molecular weight is 588 g/mol. The van der Waals surface area contributed by atoms with Gasteiger partial charge in [0, 0.05) is 15.3 Å². The number of nitrogens with one attached hydrogen (secondary N) is 1. The van der Waals surface area contributed by atoms with Crippen LogP contribution in [-0.4, -0.2) is 47.0 Å². The van der Waals surface area contributed by atoms with Gasteiger partial charge in [0.05, 0.1) is 12.7 Å². The van der Waals surface area contributed by atoms with Crippen molar-refractivity contribution in [1.82, 2.24) is 5.32 Å². The van der Waals surface area contributed by atoms with Crippen LogP contribution in [0.1, 0.15) is 64.5 Å². The molecule has 1 aromatic heterocycles. The molecule has 8 heteroatoms. The fourth-order valence-corrected chi connectivity index (χ4v) is 5.24. The first-order chi connectivity index (χ1) is 18.7. The molecule has 0 saturated carbocycles. The molecule has 0 aliphatic heterocycles. The predicted octanol–water partition coefficient (Wildman–Crippen LogP) is 7.87. The number of aliphatic carboxylic acids is 1. The van der Waals surface area contributed by atoms with Gasteiger partial charge in [0.2, 0.25) is 0 Å². The maximum Gasteiger partial charge on any atom is 0.326 e. The normalized spacial score (nSPS) is 12.3. The van der Waals surface area contributed by atoms with Gasteiger partial charge in [0.1, 0.15) is 6.04 Å². The molecule has 0 bridgehead atoms. The number of rotatable bonds is 13. The SMILES string of the molecule is CCSC.CCc1ccc(C(C)OCc2ccc(C(=O)NC(CCSC)C(=O)O)c(-c3ccccc3C)c2)s1. The molecule has 1 heterocycles. The predicted molar refractivity (Wildman–Crippen MR) is 169 cm³/mol. The summed E-state index contributed by atoms with van der Waals surface area (Å²) in [6.45, 7) is 8.75. The maximum absolute atomic E-state index is 13.2. The number of carbonyl (C=O) groups is 2. The summed E-state index contributed by atoms with van der Waals surface area (Å²) in [6.07, 6.45) is 5.37. The van der Waals surface area contributed by atoms with Gasteiger partial charge in [-0.3, -0.25) is 4.79 Å². The number of hydrogen-bond acceptors (Lipinski definition) is 6. The quantitative estimate of drug-likeness (QED) is 0.212. The van der Waals surface area contributed by atoms with Crippen molar-refractivity contribution in [3.05, 3.63) is 81.0 Å². The minimum atomic E-state index is -1.02. The zero-order valence-corrected chi connectivity index (χ0v) is 26.2. The zero-order chi connectivity index (χ0) is 28.8. The smallest absolute Gasteiger partial charge is 0.326 e. The third kappa shape index (κ3) is 10.3. The Morgan fingerprint density at radius 3 is 2.33 bits per heavy atom. The van der Waals surface area contributed by atoms with E-state index in [-0.39, 0.29) is 12.0 Å². The van der Waals surface area contributed by atoms with Crippen molar-refractivity contribution in [2.75, 3.05) is 24.0 Å². The van der Waals surface area contributed by atoms with Crippen molar-refractivity contribution in [1.29, 1.82) is 0 Å². The summed E-state index contributed by atoms with van der Waals surface area (Å²) in [6, 6.07) is 16.9. The van der Waals surface area contributed by atoms with Gasteiger partial charge in [-0.15, -0.1) is 11.3 Å². The number of amides is 1. The molecule has 1 amide bonds. The van der Waals surface area contributed by atoms with E-state index >= 15 is 0 Å². The molecule has 0 radical (unpaired) electrons. The summed E-state index contributed by atoms with van der Waals surface area (Å²) in [5.74, 6) is 0.479. The summed E-state index contributed by atoms with van der Waals surface area (Å²) in [5.41, 5.74) is 4.16. The van der Waals surface area contributed by atoms with Crippen molar-refractivity contribution < 1.29 is 19.4 Å². The van der Waals surface area contributed by atoms with E-state index < -0.39 is 12.0 Å². The van der Waals surface area contributed by atoms with Crippen LogP contribution in [0.25, 0.3) is 11.1 Å². The van der Waals surface area contributed by atoms with Crippen LogP contribution in [0.4, 0.5) is 0 Å². The molecule has 3 aromatic rings. The minimum absolute atomic E-state index is 0.0297. The Bertz CT molecular complexity index is 1190. The Labute approximate surface area is 246 Å². The molecule has 2 N–H and O–H groups in total. The third-order valence-corrected chi connectivity index (χ3v) is 8.81. The van der Waals surface area contributed by atoms with Crippen LogP contribution in [0.5, 0.6) is 0 Å². The molecule has 0 aliphatic carbocycles. The molecular weight excluding hydrogens is 547 g/mol. The van der Waals surface area contributed by atoms with E-state index in [1.807, 2.05) is 61.3 Å². The van der Waals surface area contributed by atoms with Gasteiger partial charge in [0.25, 0.3) is 5.91 Å². The highest BCUT2D eigenvalue weighted by molar-refractivity contribution is 7.98. The highest BCUT2D eigenvalue weighted by atomic mass is 32.2. The molecule has 2 aromatic carbocycles. The minimum Gasteiger partial charge on any atom is -0.480 e. The Morgan fingerprint density at radius 2 is 1.74 bits per heavy atom. The standard InChI is InChI=1S/C28H33NO4S2.C3H8S/c1-5-21-11-13-26(35-21)19(3)33-17-20-10-12-23(24(16-20)22-9-7-6-8-18(22)2)27(30)29-25(28(31)32)14-15-34-4;1-3-4-2/h6-13,16,19,25H,5,14-15,17H2,1-4H3,(H,29,30)(H,31,32);3H2,1-2H3. The van der Waals surface area contributed by atoms with Crippen LogP contribution in [0.15, 0.2) is 54.6 Å². The third-order valence-electron chi connectivity index (χ3n) is 6.20. The zero-order valence-electron chi connectivity index (χ0n) is 23.8. The van der Waals surface area contributed by atoms with Crippen LogP contribution in [0.3, 0.4) is 0 Å². The summed E-state index contributed by atoms with van der Waals surface area (Å²) in [4.78, 5) is 27.4. The fraction of sp³-hybridized carbons (Fsp3) is 0.419. The first kappa shape index (κ1) is 32.9. The van der Waals surface area contributed by atoms with Crippen LogP contribution in [0.2, 0.25) is 0 Å². The molecule has 5 nitrogen and oxygen atoms in total. The maximum atomic E-state index is 13.2. The Balaban J connectivity index is 0.00000124. The van der Waals surface area contributed by atoms with E-state index in [9.17, 15) is 14.7 Å². The number of thiophene rings is 1. The van der Waals surface area contributed by atoms with Crippen molar-refractivity contribution in [3.63, 3.8) is 0 Å². The van der Waals surface area contributed by atoms with Crippen LogP contribution in [0, 0.1) is 6.92 Å². The monoisotopic (exact) mass is 587 g/mol. The van der Waals surface area contributed by atoms with Crippen molar-refractivity contribution in [2.45, 2.75) is 59.3 Å². The Kier molecular flexibility index (Phi) is 14.7. The topological polar surface area (TPSA) is 75.6 Å². The summed E-state index contributed by atoms with van der Waals surface area (Å²) < 4.78 is 6.16. The van der Waals surface area contributed by atoms with E-state index in [0.29, 0.717) is 24.3 Å². The highest BCUT2D eigenvalue weighted by Gasteiger charge is 2.23. The van der Waals surface area contributed by atoms with Gasteiger partial charge in [-0.05, 0) is 97.2 Å². The van der Waals surface area contributed by atoms with Gasteiger partial charge in [-0.2, -0.15) is 23.5 Å². The number of benzene rings is 2. The lowest BCUT2D eigenvalue weighted by Crippen LogP contribution is -2.41. The van der Waals surface area contributed by atoms with Crippen molar-refractivity contribution in [3.8, 4) is 11.1 Å². The number of carboxylic acids is 1. The fourth-order valence-electron chi connectivity index (χ4n) is 3.81. The molecule has 2 atom stereocenters. The van der Waals surface area contributed by atoms with Gasteiger partial charge in [-0.1, -0.05) is 44.2 Å². The number of ether oxygens (including phenoxy) is 1. The molecule has 0 spiro atoms. The number of carbonyl (C=O) groups excluding carboxylic acids is 1. The van der Waals surface area contributed by atoms with Crippen molar-refractivity contribution >= 4 is 46.7 Å². The van der Waals surface area contributed by atoms with Crippen LogP contribution < -0.4 is 5.32 Å².